The Balaban J connectivity index is 0.00000264. The molecule has 0 radical (unpaired) electrons. The van der Waals surface area contributed by atoms with Gasteiger partial charge in [-0.1, -0.05) is 13.8 Å². The fraction of sp³-hybridized carbons (Fsp3) is 0.556. The van der Waals surface area contributed by atoms with Crippen LogP contribution in [0.2, 0.25) is 0 Å². The molecule has 0 fully saturated rings. The maximum atomic E-state index is 14.3. The average Bonchev–Trinajstić information content (AvgIpc) is 2.83. The van der Waals surface area contributed by atoms with Crippen LogP contribution < -0.4 is 4.74 Å². The van der Waals surface area contributed by atoms with Crippen molar-refractivity contribution >= 4 is 23.3 Å². The smallest absolute Gasteiger partial charge is 0.165 e. The number of ether oxygens (including phenoxy) is 1. The van der Waals surface area contributed by atoms with Gasteiger partial charge in [-0.15, -0.1) is 12.4 Å². The molecule has 0 N–H and O–H groups in total. The lowest BCUT2D eigenvalue weighted by atomic mass is 10.1. The first-order chi connectivity index (χ1) is 10.6. The zero-order valence-corrected chi connectivity index (χ0v) is 15.4. The highest BCUT2D eigenvalue weighted by molar-refractivity contribution is 5.90. The SMILES string of the molecule is CCCOc1c(F)ccc2c1c(CCN(C)C)cn2CCC.Cl. The van der Waals surface area contributed by atoms with E-state index in [0.29, 0.717) is 12.4 Å². The van der Waals surface area contributed by atoms with Crippen LogP contribution in [-0.4, -0.2) is 36.7 Å². The largest absolute Gasteiger partial charge is 0.490 e. The number of aryl methyl sites for hydroxylation is 1. The van der Waals surface area contributed by atoms with E-state index in [2.05, 4.69) is 36.7 Å². The molecule has 0 spiro atoms. The summed E-state index contributed by atoms with van der Waals surface area (Å²) < 4.78 is 22.2. The van der Waals surface area contributed by atoms with Crippen LogP contribution in [0.1, 0.15) is 32.3 Å². The van der Waals surface area contributed by atoms with E-state index in [4.69, 9.17) is 4.74 Å². The Bertz CT molecular complexity index is 625. The van der Waals surface area contributed by atoms with Crippen molar-refractivity contribution in [3.05, 3.63) is 29.7 Å². The van der Waals surface area contributed by atoms with Crippen molar-refractivity contribution in [3.8, 4) is 5.75 Å². The first-order valence-corrected chi connectivity index (χ1v) is 8.16. The van der Waals surface area contributed by atoms with Crippen LogP contribution >= 0.6 is 12.4 Å². The van der Waals surface area contributed by atoms with E-state index in [0.717, 1.165) is 43.3 Å². The van der Waals surface area contributed by atoms with Gasteiger partial charge in [-0.05, 0) is 51.1 Å². The van der Waals surface area contributed by atoms with Crippen LogP contribution in [0, 0.1) is 5.82 Å². The summed E-state index contributed by atoms with van der Waals surface area (Å²) >= 11 is 0. The van der Waals surface area contributed by atoms with Gasteiger partial charge in [0.15, 0.2) is 11.6 Å². The van der Waals surface area contributed by atoms with Crippen molar-refractivity contribution in [3.63, 3.8) is 0 Å². The number of likely N-dealkylation sites (N-methyl/N-ethyl adjacent to an activating group) is 1. The predicted octanol–water partition coefficient (Wildman–Crippen LogP) is 4.51. The zero-order valence-electron chi connectivity index (χ0n) is 14.6. The van der Waals surface area contributed by atoms with Crippen molar-refractivity contribution in [2.75, 3.05) is 27.2 Å². The lowest BCUT2D eigenvalue weighted by Crippen LogP contribution is -2.15. The number of fused-ring (bicyclic) bond motifs is 1. The summed E-state index contributed by atoms with van der Waals surface area (Å²) in [5.41, 5.74) is 2.24. The molecule has 0 amide bonds. The number of hydrogen-bond donors (Lipinski definition) is 0. The molecule has 0 aliphatic heterocycles. The average molecular weight is 343 g/mol. The molecule has 5 heteroatoms. The first-order valence-electron chi connectivity index (χ1n) is 8.16. The Hall–Kier alpha value is -1.26. The highest BCUT2D eigenvalue weighted by Gasteiger charge is 2.17. The van der Waals surface area contributed by atoms with Gasteiger partial charge in [0.05, 0.1) is 12.1 Å². The first kappa shape index (κ1) is 19.8. The molecular weight excluding hydrogens is 315 g/mol. The zero-order chi connectivity index (χ0) is 16.1. The van der Waals surface area contributed by atoms with Gasteiger partial charge in [0.2, 0.25) is 0 Å². The Morgan fingerprint density at radius 2 is 1.91 bits per heavy atom. The van der Waals surface area contributed by atoms with Gasteiger partial charge < -0.3 is 14.2 Å². The highest BCUT2D eigenvalue weighted by atomic mass is 35.5. The van der Waals surface area contributed by atoms with E-state index in [1.54, 1.807) is 0 Å². The monoisotopic (exact) mass is 342 g/mol. The molecule has 0 saturated carbocycles. The van der Waals surface area contributed by atoms with Gasteiger partial charge in [-0.25, -0.2) is 4.39 Å². The van der Waals surface area contributed by atoms with Gasteiger partial charge in [-0.2, -0.15) is 0 Å². The normalized spacial score (nSPS) is 11.0. The molecule has 2 rings (SSSR count). The summed E-state index contributed by atoms with van der Waals surface area (Å²) in [6, 6.07) is 3.40. The van der Waals surface area contributed by atoms with Crippen LogP contribution in [0.4, 0.5) is 4.39 Å². The molecule has 0 aliphatic carbocycles. The third-order valence-electron chi connectivity index (χ3n) is 3.77. The Kier molecular flexibility index (Phi) is 7.86. The lowest BCUT2D eigenvalue weighted by molar-refractivity contribution is 0.305. The number of nitrogens with zero attached hydrogens (tertiary/aromatic N) is 2. The van der Waals surface area contributed by atoms with Crippen molar-refractivity contribution in [2.24, 2.45) is 0 Å². The quantitative estimate of drug-likeness (QED) is 0.702. The Morgan fingerprint density at radius 1 is 1.17 bits per heavy atom. The Labute approximate surface area is 144 Å². The molecular formula is C18H28ClFN2O. The minimum atomic E-state index is -0.263. The van der Waals surface area contributed by atoms with Gasteiger partial charge in [0.1, 0.15) is 0 Å². The second-order valence-corrected chi connectivity index (χ2v) is 6.02. The summed E-state index contributed by atoms with van der Waals surface area (Å²) in [5, 5.41) is 0.948. The molecule has 130 valence electrons. The second kappa shape index (κ2) is 9.14. The van der Waals surface area contributed by atoms with Crippen LogP contribution in [0.3, 0.4) is 0 Å². The number of aromatic nitrogens is 1. The second-order valence-electron chi connectivity index (χ2n) is 6.02. The molecule has 0 bridgehead atoms. The van der Waals surface area contributed by atoms with E-state index in [-0.39, 0.29) is 18.2 Å². The number of rotatable bonds is 8. The third kappa shape index (κ3) is 4.61. The van der Waals surface area contributed by atoms with Gasteiger partial charge in [0.25, 0.3) is 0 Å². The molecule has 1 aromatic heterocycles. The van der Waals surface area contributed by atoms with Crippen LogP contribution in [0.25, 0.3) is 10.9 Å². The summed E-state index contributed by atoms with van der Waals surface area (Å²) in [7, 11) is 4.11. The maximum Gasteiger partial charge on any atom is 0.165 e. The molecule has 0 unspecified atom stereocenters. The Morgan fingerprint density at radius 3 is 2.52 bits per heavy atom. The molecule has 0 aliphatic rings. The third-order valence-corrected chi connectivity index (χ3v) is 3.77. The van der Waals surface area contributed by atoms with Gasteiger partial charge in [0, 0.05) is 24.7 Å². The number of benzene rings is 1. The van der Waals surface area contributed by atoms with Crippen LogP contribution in [-0.2, 0) is 13.0 Å². The fourth-order valence-electron chi connectivity index (χ4n) is 2.72. The predicted molar refractivity (Wildman–Crippen MR) is 97.5 cm³/mol. The van der Waals surface area contributed by atoms with E-state index in [1.807, 2.05) is 13.0 Å². The number of hydrogen-bond acceptors (Lipinski definition) is 2. The minimum Gasteiger partial charge on any atom is -0.490 e. The van der Waals surface area contributed by atoms with Crippen molar-refractivity contribution in [1.82, 2.24) is 9.47 Å². The standard InChI is InChI=1S/C18H27FN2O.ClH/c1-5-10-21-13-14(9-11-20(3)4)17-16(21)8-7-15(19)18(17)22-12-6-2;/h7-8,13H,5-6,9-12H2,1-4H3;1H. The van der Waals surface area contributed by atoms with Crippen LogP contribution in [0.15, 0.2) is 18.3 Å². The lowest BCUT2D eigenvalue weighted by Gasteiger charge is -2.11. The van der Waals surface area contributed by atoms with E-state index < -0.39 is 0 Å². The van der Waals surface area contributed by atoms with Crippen molar-refractivity contribution in [2.45, 2.75) is 39.7 Å². The van der Waals surface area contributed by atoms with E-state index >= 15 is 0 Å². The molecule has 2 aromatic rings. The van der Waals surface area contributed by atoms with Gasteiger partial charge in [-0.3, -0.25) is 0 Å². The van der Waals surface area contributed by atoms with Crippen molar-refractivity contribution in [1.29, 1.82) is 0 Å². The summed E-state index contributed by atoms with van der Waals surface area (Å²) in [6.45, 7) is 6.62. The summed E-state index contributed by atoms with van der Waals surface area (Å²) in [6.07, 6.45) is 4.99. The topological polar surface area (TPSA) is 17.4 Å². The summed E-state index contributed by atoms with van der Waals surface area (Å²) in [4.78, 5) is 2.15. The minimum absolute atomic E-state index is 0. The molecule has 3 nitrogen and oxygen atoms in total. The number of halogens is 2. The molecule has 23 heavy (non-hydrogen) atoms. The maximum absolute atomic E-state index is 14.3. The molecule has 1 heterocycles. The molecule has 0 saturated heterocycles. The molecule has 0 atom stereocenters. The van der Waals surface area contributed by atoms with Crippen molar-refractivity contribution < 1.29 is 9.13 Å². The fourth-order valence-corrected chi connectivity index (χ4v) is 2.72. The van der Waals surface area contributed by atoms with Crippen LogP contribution in [0.5, 0.6) is 5.75 Å². The summed E-state index contributed by atoms with van der Waals surface area (Å²) in [5.74, 6) is 0.157. The molecule has 1 aromatic carbocycles. The van der Waals surface area contributed by atoms with E-state index in [9.17, 15) is 4.39 Å². The highest BCUT2D eigenvalue weighted by Crippen LogP contribution is 2.34. The van der Waals surface area contributed by atoms with Gasteiger partial charge >= 0.3 is 0 Å². The van der Waals surface area contributed by atoms with E-state index in [1.165, 1.54) is 11.6 Å².